The zero-order valence-corrected chi connectivity index (χ0v) is 10.9. The van der Waals surface area contributed by atoms with Crippen LogP contribution >= 0.6 is 11.6 Å². The first-order chi connectivity index (χ1) is 8.43. The lowest BCUT2D eigenvalue weighted by Gasteiger charge is -2.13. The van der Waals surface area contributed by atoms with Crippen LogP contribution in [0.1, 0.15) is 20.3 Å². The molecule has 1 amide bonds. The molecule has 0 saturated heterocycles. The van der Waals surface area contributed by atoms with Gasteiger partial charge in [-0.15, -0.1) is 0 Å². The van der Waals surface area contributed by atoms with Crippen LogP contribution in [-0.2, 0) is 4.79 Å². The van der Waals surface area contributed by atoms with Crippen LogP contribution in [0.4, 0.5) is 14.5 Å². The maximum Gasteiger partial charge on any atom is 0.239 e. The lowest BCUT2D eigenvalue weighted by Crippen LogP contribution is -2.36. The van der Waals surface area contributed by atoms with Crippen molar-refractivity contribution >= 4 is 23.2 Å². The number of nitrogens with one attached hydrogen (secondary N) is 2. The second-order valence-corrected chi connectivity index (χ2v) is 4.38. The first kappa shape index (κ1) is 14.7. The van der Waals surface area contributed by atoms with Gasteiger partial charge in [0.25, 0.3) is 0 Å². The van der Waals surface area contributed by atoms with Crippen molar-refractivity contribution in [3.63, 3.8) is 0 Å². The molecule has 3 nitrogen and oxygen atoms in total. The zero-order chi connectivity index (χ0) is 13.7. The minimum Gasteiger partial charge on any atom is -0.373 e. The van der Waals surface area contributed by atoms with Gasteiger partial charge < -0.3 is 10.6 Å². The highest BCUT2D eigenvalue weighted by molar-refractivity contribution is 6.33. The summed E-state index contributed by atoms with van der Waals surface area (Å²) < 4.78 is 26.2. The van der Waals surface area contributed by atoms with Crippen LogP contribution < -0.4 is 10.6 Å². The van der Waals surface area contributed by atoms with E-state index in [1.807, 2.05) is 13.8 Å². The van der Waals surface area contributed by atoms with E-state index in [0.717, 1.165) is 12.5 Å². The Balaban J connectivity index is 2.61. The van der Waals surface area contributed by atoms with Crippen LogP contribution in [0.5, 0.6) is 0 Å². The monoisotopic (exact) mass is 276 g/mol. The summed E-state index contributed by atoms with van der Waals surface area (Å²) in [5, 5.41) is 5.17. The standard InChI is InChI=1S/C12H15ClF2N2O/c1-3-7(2)17-11(18)6-16-12-9(13)4-8(14)5-10(12)15/h4-5,7,16H,3,6H2,1-2H3,(H,17,18). The number of carbonyl (C=O) groups excluding carboxylic acids is 1. The number of amides is 1. The van der Waals surface area contributed by atoms with Crippen molar-refractivity contribution in [3.05, 3.63) is 28.8 Å². The predicted molar refractivity (Wildman–Crippen MR) is 67.8 cm³/mol. The van der Waals surface area contributed by atoms with Crippen molar-refractivity contribution in [2.45, 2.75) is 26.3 Å². The van der Waals surface area contributed by atoms with Crippen molar-refractivity contribution in [2.75, 3.05) is 11.9 Å². The molecule has 0 heterocycles. The number of benzene rings is 1. The highest BCUT2D eigenvalue weighted by atomic mass is 35.5. The van der Waals surface area contributed by atoms with Crippen LogP contribution in [-0.4, -0.2) is 18.5 Å². The maximum absolute atomic E-state index is 13.4. The third kappa shape index (κ3) is 4.14. The Morgan fingerprint density at radius 2 is 2.11 bits per heavy atom. The Hall–Kier alpha value is -1.36. The summed E-state index contributed by atoms with van der Waals surface area (Å²) >= 11 is 5.68. The van der Waals surface area contributed by atoms with E-state index in [-0.39, 0.29) is 29.2 Å². The molecule has 6 heteroatoms. The van der Waals surface area contributed by atoms with Gasteiger partial charge >= 0.3 is 0 Å². The summed E-state index contributed by atoms with van der Waals surface area (Å²) in [6, 6.07) is 1.74. The third-order valence-electron chi connectivity index (χ3n) is 2.45. The van der Waals surface area contributed by atoms with E-state index < -0.39 is 11.6 Å². The number of hydrogen-bond donors (Lipinski definition) is 2. The molecule has 0 spiro atoms. The molecule has 0 aliphatic rings. The second kappa shape index (κ2) is 6.54. The van der Waals surface area contributed by atoms with E-state index >= 15 is 0 Å². The van der Waals surface area contributed by atoms with Gasteiger partial charge in [0.15, 0.2) is 5.82 Å². The first-order valence-corrected chi connectivity index (χ1v) is 5.99. The van der Waals surface area contributed by atoms with Crippen molar-refractivity contribution in [1.29, 1.82) is 0 Å². The van der Waals surface area contributed by atoms with E-state index in [4.69, 9.17) is 11.6 Å². The second-order valence-electron chi connectivity index (χ2n) is 3.97. The Kier molecular flexibility index (Phi) is 5.34. The number of hydrogen-bond acceptors (Lipinski definition) is 2. The van der Waals surface area contributed by atoms with E-state index in [9.17, 15) is 13.6 Å². The minimum atomic E-state index is -0.823. The molecule has 2 N–H and O–H groups in total. The van der Waals surface area contributed by atoms with E-state index in [0.29, 0.717) is 6.07 Å². The third-order valence-corrected chi connectivity index (χ3v) is 2.75. The Bertz CT molecular complexity index is 417. The molecule has 1 rings (SSSR count). The largest absolute Gasteiger partial charge is 0.373 e. The summed E-state index contributed by atoms with van der Waals surface area (Å²) in [5.41, 5.74) is -0.0719. The normalized spacial score (nSPS) is 12.1. The van der Waals surface area contributed by atoms with Crippen molar-refractivity contribution < 1.29 is 13.6 Å². The summed E-state index contributed by atoms with van der Waals surface area (Å²) in [5.74, 6) is -1.85. The molecule has 0 aliphatic carbocycles. The van der Waals surface area contributed by atoms with Gasteiger partial charge in [-0.2, -0.15) is 0 Å². The molecule has 0 aliphatic heterocycles. The van der Waals surface area contributed by atoms with Crippen LogP contribution in [0.2, 0.25) is 5.02 Å². The van der Waals surface area contributed by atoms with Crippen LogP contribution in [0.15, 0.2) is 12.1 Å². The van der Waals surface area contributed by atoms with E-state index in [1.54, 1.807) is 0 Å². The fourth-order valence-electron chi connectivity index (χ4n) is 1.31. The molecule has 1 atom stereocenters. The topological polar surface area (TPSA) is 41.1 Å². The smallest absolute Gasteiger partial charge is 0.239 e. The first-order valence-electron chi connectivity index (χ1n) is 5.61. The van der Waals surface area contributed by atoms with Gasteiger partial charge in [-0.1, -0.05) is 18.5 Å². The van der Waals surface area contributed by atoms with Crippen LogP contribution in [0.25, 0.3) is 0 Å². The quantitative estimate of drug-likeness (QED) is 0.868. The Morgan fingerprint density at radius 3 is 2.67 bits per heavy atom. The van der Waals surface area contributed by atoms with Crippen molar-refractivity contribution in [3.8, 4) is 0 Å². The lowest BCUT2D eigenvalue weighted by atomic mass is 10.2. The molecule has 1 aromatic carbocycles. The molecule has 0 radical (unpaired) electrons. The van der Waals surface area contributed by atoms with Crippen LogP contribution in [0.3, 0.4) is 0 Å². The molecule has 0 fully saturated rings. The van der Waals surface area contributed by atoms with Gasteiger partial charge in [0.05, 0.1) is 17.3 Å². The fourth-order valence-corrected chi connectivity index (χ4v) is 1.57. The van der Waals surface area contributed by atoms with Gasteiger partial charge in [0, 0.05) is 12.1 Å². The van der Waals surface area contributed by atoms with Gasteiger partial charge in [-0.25, -0.2) is 8.78 Å². The van der Waals surface area contributed by atoms with Crippen molar-refractivity contribution in [1.82, 2.24) is 5.32 Å². The molecule has 1 unspecified atom stereocenters. The molecule has 18 heavy (non-hydrogen) atoms. The summed E-state index contributed by atoms with van der Waals surface area (Å²) in [6.45, 7) is 3.69. The Morgan fingerprint density at radius 1 is 1.44 bits per heavy atom. The molecular formula is C12H15ClF2N2O. The van der Waals surface area contributed by atoms with Gasteiger partial charge in [-0.05, 0) is 19.4 Å². The molecule has 0 bridgehead atoms. The molecule has 0 saturated carbocycles. The summed E-state index contributed by atoms with van der Waals surface area (Å²) in [6.07, 6.45) is 0.803. The van der Waals surface area contributed by atoms with Gasteiger partial charge in [0.1, 0.15) is 5.82 Å². The molecular weight excluding hydrogens is 262 g/mol. The number of anilines is 1. The highest BCUT2D eigenvalue weighted by Crippen LogP contribution is 2.25. The molecule has 0 aromatic heterocycles. The van der Waals surface area contributed by atoms with Gasteiger partial charge in [-0.3, -0.25) is 4.79 Å². The van der Waals surface area contributed by atoms with E-state index in [2.05, 4.69) is 10.6 Å². The fraction of sp³-hybridized carbons (Fsp3) is 0.417. The van der Waals surface area contributed by atoms with Crippen LogP contribution in [0, 0.1) is 11.6 Å². The Labute approximate surface area is 110 Å². The summed E-state index contributed by atoms with van der Waals surface area (Å²) in [7, 11) is 0. The average molecular weight is 277 g/mol. The summed E-state index contributed by atoms with van der Waals surface area (Å²) in [4.78, 5) is 11.5. The highest BCUT2D eigenvalue weighted by Gasteiger charge is 2.11. The number of rotatable bonds is 5. The van der Waals surface area contributed by atoms with Crippen molar-refractivity contribution in [2.24, 2.45) is 0 Å². The molecule has 100 valence electrons. The SMILES string of the molecule is CCC(C)NC(=O)CNc1c(F)cc(F)cc1Cl. The maximum atomic E-state index is 13.4. The van der Waals surface area contributed by atoms with Gasteiger partial charge in [0.2, 0.25) is 5.91 Å². The zero-order valence-electron chi connectivity index (χ0n) is 10.2. The van der Waals surface area contributed by atoms with E-state index in [1.165, 1.54) is 0 Å². The lowest BCUT2D eigenvalue weighted by molar-refractivity contribution is -0.120. The predicted octanol–water partition coefficient (Wildman–Crippen LogP) is 2.94. The average Bonchev–Trinajstić information content (AvgIpc) is 2.27. The number of carbonyl (C=O) groups is 1. The minimum absolute atomic E-state index is 0.0489. The number of halogens is 3. The molecule has 1 aromatic rings.